The highest BCUT2D eigenvalue weighted by Gasteiger charge is 2.41. The summed E-state index contributed by atoms with van der Waals surface area (Å²) in [5.74, 6) is 4.03. The van der Waals surface area contributed by atoms with Gasteiger partial charge in [0.15, 0.2) is 0 Å². The minimum Gasteiger partial charge on any atom is -0.355 e. The second kappa shape index (κ2) is 4.94. The van der Waals surface area contributed by atoms with Crippen molar-refractivity contribution in [3.63, 3.8) is 0 Å². The predicted octanol–water partition coefficient (Wildman–Crippen LogP) is 3.45. The van der Waals surface area contributed by atoms with E-state index in [0.29, 0.717) is 0 Å². The Morgan fingerprint density at radius 1 is 1.33 bits per heavy atom. The lowest BCUT2D eigenvalue weighted by molar-refractivity contribution is 0.426. The van der Waals surface area contributed by atoms with E-state index in [2.05, 4.69) is 34.9 Å². The van der Waals surface area contributed by atoms with Crippen molar-refractivity contribution in [1.82, 2.24) is 9.55 Å². The number of hydrogen-bond acceptors (Lipinski definition) is 2. The molecule has 0 aliphatic heterocycles. The van der Waals surface area contributed by atoms with Gasteiger partial charge in [0.2, 0.25) is 5.95 Å². The number of anilines is 1. The average Bonchev–Trinajstić information content (AvgIpc) is 3.22. The first-order valence-corrected chi connectivity index (χ1v) is 7.55. The van der Waals surface area contributed by atoms with Crippen LogP contribution < -0.4 is 5.32 Å². The number of nitrogens with one attached hydrogen (secondary N) is 1. The molecule has 1 aromatic heterocycles. The summed E-state index contributed by atoms with van der Waals surface area (Å²) in [5, 5.41) is 3.61. The van der Waals surface area contributed by atoms with Crippen molar-refractivity contribution in [3.8, 4) is 0 Å². The molecule has 0 bridgehead atoms. The summed E-state index contributed by atoms with van der Waals surface area (Å²) >= 11 is 0. The largest absolute Gasteiger partial charge is 0.355 e. The molecule has 3 nitrogen and oxygen atoms in total. The van der Waals surface area contributed by atoms with Gasteiger partial charge in [-0.15, -0.1) is 0 Å². The summed E-state index contributed by atoms with van der Waals surface area (Å²) in [5.41, 5.74) is 1.13. The van der Waals surface area contributed by atoms with Gasteiger partial charge in [0.1, 0.15) is 0 Å². The number of rotatable bonds is 7. The topological polar surface area (TPSA) is 29.9 Å². The molecule has 0 spiro atoms. The maximum atomic E-state index is 4.61. The lowest BCUT2D eigenvalue weighted by atomic mass is 9.98. The van der Waals surface area contributed by atoms with E-state index >= 15 is 0 Å². The Hall–Kier alpha value is -0.990. The Morgan fingerprint density at radius 3 is 2.56 bits per heavy atom. The Bertz CT molecular complexity index is 390. The van der Waals surface area contributed by atoms with E-state index < -0.39 is 0 Å². The lowest BCUT2D eigenvalue weighted by Gasteiger charge is -2.17. The molecular formula is C15H25N3. The number of hydrogen-bond donors (Lipinski definition) is 1. The molecule has 2 saturated carbocycles. The van der Waals surface area contributed by atoms with Gasteiger partial charge in [-0.2, -0.15) is 0 Å². The van der Waals surface area contributed by atoms with E-state index in [0.717, 1.165) is 42.5 Å². The second-order valence-electron chi connectivity index (χ2n) is 6.12. The molecule has 1 aromatic rings. The van der Waals surface area contributed by atoms with Gasteiger partial charge >= 0.3 is 0 Å². The molecule has 0 amide bonds. The normalized spacial score (nSPS) is 19.5. The van der Waals surface area contributed by atoms with Crippen molar-refractivity contribution in [2.45, 2.75) is 52.5 Å². The van der Waals surface area contributed by atoms with Gasteiger partial charge in [-0.3, -0.25) is 0 Å². The fraction of sp³-hybridized carbons (Fsp3) is 0.800. The number of nitrogens with zero attached hydrogens (tertiary/aromatic N) is 2. The van der Waals surface area contributed by atoms with E-state index in [1.807, 2.05) is 0 Å². The molecule has 2 aliphatic rings. The summed E-state index contributed by atoms with van der Waals surface area (Å²) in [7, 11) is 0. The van der Waals surface area contributed by atoms with Crippen LogP contribution in [0.4, 0.5) is 5.95 Å². The molecule has 3 heteroatoms. The first kappa shape index (κ1) is 12.1. The lowest BCUT2D eigenvalue weighted by Crippen LogP contribution is -2.20. The van der Waals surface area contributed by atoms with Crippen LogP contribution in [0, 0.1) is 24.7 Å². The van der Waals surface area contributed by atoms with Crippen LogP contribution in [0.3, 0.4) is 0 Å². The van der Waals surface area contributed by atoms with Crippen LogP contribution >= 0.6 is 0 Å². The zero-order valence-electron chi connectivity index (χ0n) is 11.7. The third-order valence-corrected chi connectivity index (χ3v) is 4.31. The van der Waals surface area contributed by atoms with Crippen molar-refractivity contribution in [2.24, 2.45) is 17.8 Å². The monoisotopic (exact) mass is 247 g/mol. The first-order valence-electron chi connectivity index (χ1n) is 7.55. The van der Waals surface area contributed by atoms with Crippen LogP contribution in [0.25, 0.3) is 0 Å². The summed E-state index contributed by atoms with van der Waals surface area (Å²) in [6.45, 7) is 6.50. The Morgan fingerprint density at radius 2 is 2.00 bits per heavy atom. The molecule has 0 radical (unpaired) electrons. The molecular weight excluding hydrogens is 222 g/mol. The maximum Gasteiger partial charge on any atom is 0.203 e. The zero-order valence-corrected chi connectivity index (χ0v) is 11.7. The van der Waals surface area contributed by atoms with Crippen LogP contribution in [0.15, 0.2) is 6.20 Å². The molecule has 1 N–H and O–H groups in total. The minimum atomic E-state index is 0.914. The van der Waals surface area contributed by atoms with Gasteiger partial charge < -0.3 is 9.88 Å². The van der Waals surface area contributed by atoms with Crippen LogP contribution in [-0.2, 0) is 6.54 Å². The highest BCUT2D eigenvalue weighted by molar-refractivity contribution is 5.29. The smallest absolute Gasteiger partial charge is 0.203 e. The third kappa shape index (κ3) is 2.70. The van der Waals surface area contributed by atoms with Gasteiger partial charge in [0, 0.05) is 19.3 Å². The standard InChI is InChI=1S/C15H25N3/c1-3-8-18-10-11(2)17-15(18)16-9-14(12-4-5-12)13-6-7-13/h10,12-14H,3-9H2,1-2H3,(H,16,17). The molecule has 1 heterocycles. The van der Waals surface area contributed by atoms with Crippen LogP contribution in [0.1, 0.15) is 44.7 Å². The number of imidazole rings is 1. The quantitative estimate of drug-likeness (QED) is 0.799. The SMILES string of the molecule is CCCn1cc(C)nc1NCC(C1CC1)C1CC1. The molecule has 3 rings (SSSR count). The summed E-state index contributed by atoms with van der Waals surface area (Å²) in [6.07, 6.45) is 9.18. The van der Waals surface area contributed by atoms with Crippen molar-refractivity contribution in [1.29, 1.82) is 0 Å². The number of aryl methyl sites for hydroxylation is 2. The minimum absolute atomic E-state index is 0.914. The van der Waals surface area contributed by atoms with Crippen molar-refractivity contribution < 1.29 is 0 Å². The fourth-order valence-corrected chi connectivity index (χ4v) is 3.08. The highest BCUT2D eigenvalue weighted by atomic mass is 15.2. The van der Waals surface area contributed by atoms with E-state index in [9.17, 15) is 0 Å². The molecule has 2 aliphatic carbocycles. The molecule has 0 atom stereocenters. The van der Waals surface area contributed by atoms with Gasteiger partial charge in [0.25, 0.3) is 0 Å². The van der Waals surface area contributed by atoms with Crippen molar-refractivity contribution in [2.75, 3.05) is 11.9 Å². The fourth-order valence-electron chi connectivity index (χ4n) is 3.08. The highest BCUT2D eigenvalue weighted by Crippen LogP contribution is 2.49. The predicted molar refractivity (Wildman–Crippen MR) is 74.7 cm³/mol. The van der Waals surface area contributed by atoms with Crippen molar-refractivity contribution in [3.05, 3.63) is 11.9 Å². The van der Waals surface area contributed by atoms with Crippen molar-refractivity contribution >= 4 is 5.95 Å². The Kier molecular flexibility index (Phi) is 3.31. The van der Waals surface area contributed by atoms with E-state index in [-0.39, 0.29) is 0 Å². The summed E-state index contributed by atoms with van der Waals surface area (Å²) < 4.78 is 2.27. The van der Waals surface area contributed by atoms with Gasteiger partial charge in [0.05, 0.1) is 5.69 Å². The molecule has 2 fully saturated rings. The zero-order chi connectivity index (χ0) is 12.5. The first-order chi connectivity index (χ1) is 8.78. The number of aromatic nitrogens is 2. The maximum absolute atomic E-state index is 4.61. The van der Waals surface area contributed by atoms with Gasteiger partial charge in [-0.05, 0) is 56.8 Å². The summed E-state index contributed by atoms with van der Waals surface area (Å²) in [6, 6.07) is 0. The van der Waals surface area contributed by atoms with Gasteiger partial charge in [-0.1, -0.05) is 6.92 Å². The second-order valence-corrected chi connectivity index (χ2v) is 6.12. The van der Waals surface area contributed by atoms with E-state index in [1.54, 1.807) is 0 Å². The molecule has 18 heavy (non-hydrogen) atoms. The third-order valence-electron chi connectivity index (χ3n) is 4.31. The van der Waals surface area contributed by atoms with Gasteiger partial charge in [-0.25, -0.2) is 4.98 Å². The average molecular weight is 247 g/mol. The Balaban J connectivity index is 1.60. The molecule has 0 unspecified atom stereocenters. The van der Waals surface area contributed by atoms with E-state index in [1.165, 1.54) is 32.1 Å². The Labute approximate surface area is 110 Å². The molecule has 0 saturated heterocycles. The molecule has 0 aromatic carbocycles. The molecule has 100 valence electrons. The van der Waals surface area contributed by atoms with Crippen LogP contribution in [0.2, 0.25) is 0 Å². The van der Waals surface area contributed by atoms with Crippen LogP contribution in [-0.4, -0.2) is 16.1 Å². The van der Waals surface area contributed by atoms with Crippen LogP contribution in [0.5, 0.6) is 0 Å². The summed E-state index contributed by atoms with van der Waals surface area (Å²) in [4.78, 5) is 4.61. The van der Waals surface area contributed by atoms with E-state index in [4.69, 9.17) is 0 Å².